The minimum atomic E-state index is -0.738. The number of ether oxygens (including phenoxy) is 1. The number of hydrogen-bond acceptors (Lipinski definition) is 1. The van der Waals surface area contributed by atoms with Crippen molar-refractivity contribution in [2.45, 2.75) is 91.1 Å². The van der Waals surface area contributed by atoms with Crippen molar-refractivity contribution in [2.24, 2.45) is 23.7 Å². The maximum atomic E-state index is 14.6. The van der Waals surface area contributed by atoms with Crippen LogP contribution in [0.4, 0.5) is 8.78 Å². The highest BCUT2D eigenvalue weighted by molar-refractivity contribution is 5.33. The van der Waals surface area contributed by atoms with E-state index in [1.165, 1.54) is 38.5 Å². The molecule has 0 atom stereocenters. The molecule has 0 N–H and O–H groups in total. The highest BCUT2D eigenvalue weighted by atomic mass is 19.2. The van der Waals surface area contributed by atoms with E-state index in [2.05, 4.69) is 6.92 Å². The van der Waals surface area contributed by atoms with Gasteiger partial charge in [0.2, 0.25) is 0 Å². The molecule has 0 aromatic carbocycles. The smallest absolute Gasteiger partial charge is 0.196 e. The Bertz CT molecular complexity index is 518. The third-order valence-electron chi connectivity index (χ3n) is 6.71. The minimum Gasteiger partial charge on any atom is -0.492 e. The van der Waals surface area contributed by atoms with E-state index in [1.54, 1.807) is 0 Å². The van der Waals surface area contributed by atoms with Gasteiger partial charge in [-0.25, -0.2) is 8.78 Å². The Morgan fingerprint density at radius 1 is 0.800 bits per heavy atom. The van der Waals surface area contributed by atoms with Crippen molar-refractivity contribution in [3.63, 3.8) is 0 Å². The van der Waals surface area contributed by atoms with Gasteiger partial charge in [0, 0.05) is 6.42 Å². The second-order valence-electron chi connectivity index (χ2n) is 8.87. The quantitative estimate of drug-likeness (QED) is 0.518. The Morgan fingerprint density at radius 2 is 1.36 bits per heavy atom. The van der Waals surface area contributed by atoms with Crippen LogP contribution in [0.5, 0.6) is 0 Å². The van der Waals surface area contributed by atoms with Crippen LogP contribution in [0.2, 0.25) is 0 Å². The molecule has 0 aromatic rings. The second-order valence-corrected chi connectivity index (χ2v) is 8.87. The van der Waals surface area contributed by atoms with Crippen LogP contribution in [0.25, 0.3) is 0 Å². The summed E-state index contributed by atoms with van der Waals surface area (Å²) in [5, 5.41) is 0. The van der Waals surface area contributed by atoms with Crippen LogP contribution in [-0.2, 0) is 4.74 Å². The molecule has 2 saturated carbocycles. The maximum absolute atomic E-state index is 14.6. The van der Waals surface area contributed by atoms with E-state index in [-0.39, 0.29) is 17.8 Å². The molecule has 0 saturated heterocycles. The summed E-state index contributed by atoms with van der Waals surface area (Å²) in [5.74, 6) is 1.69. The van der Waals surface area contributed by atoms with Crippen molar-refractivity contribution in [1.29, 1.82) is 0 Å². The van der Waals surface area contributed by atoms with Crippen LogP contribution in [0.15, 0.2) is 23.0 Å². The summed E-state index contributed by atoms with van der Waals surface area (Å²) < 4.78 is 34.4. The molecule has 3 aliphatic rings. The molecule has 0 aromatic heterocycles. The Hall–Kier alpha value is -0.860. The van der Waals surface area contributed by atoms with Gasteiger partial charge in [0.15, 0.2) is 11.7 Å². The van der Waals surface area contributed by atoms with E-state index in [9.17, 15) is 8.78 Å². The van der Waals surface area contributed by atoms with E-state index >= 15 is 0 Å². The molecular formula is C22H34F2O. The van der Waals surface area contributed by atoms with Gasteiger partial charge in [0.25, 0.3) is 0 Å². The molecule has 142 valence electrons. The highest BCUT2D eigenvalue weighted by Crippen LogP contribution is 2.46. The molecule has 0 amide bonds. The standard InChI is InChI=1S/C22H34F2O/c1-14(2)25-20-13-12-19(21(23)22(20)24)18-10-8-17(9-11-18)16-6-4-15(3)5-7-16/h14-18H,4-13H2,1-3H3. The summed E-state index contributed by atoms with van der Waals surface area (Å²) >= 11 is 0. The first-order valence-electron chi connectivity index (χ1n) is 10.4. The average Bonchev–Trinajstić information content (AvgIpc) is 2.60. The molecule has 1 nitrogen and oxygen atoms in total. The third-order valence-corrected chi connectivity index (χ3v) is 6.71. The van der Waals surface area contributed by atoms with Crippen molar-refractivity contribution in [1.82, 2.24) is 0 Å². The van der Waals surface area contributed by atoms with Crippen LogP contribution in [0.3, 0.4) is 0 Å². The molecule has 0 heterocycles. The SMILES string of the molecule is CC1CCC(C2CCC(C3=C(F)C(F)=C(OC(C)C)CC3)CC2)CC1. The first-order valence-corrected chi connectivity index (χ1v) is 10.4. The fraction of sp³-hybridized carbons (Fsp3) is 0.818. The molecule has 0 bridgehead atoms. The van der Waals surface area contributed by atoms with Crippen molar-refractivity contribution in [2.75, 3.05) is 0 Å². The summed E-state index contributed by atoms with van der Waals surface area (Å²) in [5.41, 5.74) is 0.726. The predicted molar refractivity (Wildman–Crippen MR) is 98.3 cm³/mol. The summed E-state index contributed by atoms with van der Waals surface area (Å²) in [4.78, 5) is 0. The lowest BCUT2D eigenvalue weighted by Gasteiger charge is -2.38. The lowest BCUT2D eigenvalue weighted by Crippen LogP contribution is -2.26. The Morgan fingerprint density at radius 3 is 1.92 bits per heavy atom. The van der Waals surface area contributed by atoms with Gasteiger partial charge >= 0.3 is 0 Å². The Balaban J connectivity index is 1.59. The lowest BCUT2D eigenvalue weighted by atomic mass is 9.68. The fourth-order valence-electron chi connectivity index (χ4n) is 5.21. The zero-order valence-corrected chi connectivity index (χ0v) is 16.1. The number of hydrogen-bond donors (Lipinski definition) is 0. The van der Waals surface area contributed by atoms with Crippen LogP contribution in [-0.4, -0.2) is 6.10 Å². The Kier molecular flexibility index (Phi) is 6.22. The lowest BCUT2D eigenvalue weighted by molar-refractivity contribution is 0.126. The molecule has 3 rings (SSSR count). The van der Waals surface area contributed by atoms with Gasteiger partial charge in [-0.3, -0.25) is 0 Å². The monoisotopic (exact) mass is 352 g/mol. The summed E-state index contributed by atoms with van der Waals surface area (Å²) in [6.07, 6.45) is 11.0. The van der Waals surface area contributed by atoms with Gasteiger partial charge in [-0.1, -0.05) is 19.8 Å². The van der Waals surface area contributed by atoms with Gasteiger partial charge in [0.05, 0.1) is 6.10 Å². The van der Waals surface area contributed by atoms with Crippen molar-refractivity contribution >= 4 is 0 Å². The van der Waals surface area contributed by atoms with Gasteiger partial charge in [-0.05, 0) is 88.0 Å². The molecule has 0 aliphatic heterocycles. The average molecular weight is 353 g/mol. The fourth-order valence-corrected chi connectivity index (χ4v) is 5.21. The highest BCUT2D eigenvalue weighted by Gasteiger charge is 2.34. The number of allylic oxidation sites excluding steroid dienone is 4. The van der Waals surface area contributed by atoms with Gasteiger partial charge in [-0.15, -0.1) is 0 Å². The van der Waals surface area contributed by atoms with Gasteiger partial charge in [0.1, 0.15) is 5.76 Å². The van der Waals surface area contributed by atoms with Crippen molar-refractivity contribution < 1.29 is 13.5 Å². The molecule has 0 spiro atoms. The molecular weight excluding hydrogens is 318 g/mol. The van der Waals surface area contributed by atoms with Crippen LogP contribution in [0, 0.1) is 23.7 Å². The largest absolute Gasteiger partial charge is 0.492 e. The topological polar surface area (TPSA) is 9.23 Å². The van der Waals surface area contributed by atoms with E-state index in [0.717, 1.165) is 36.2 Å². The zero-order valence-electron chi connectivity index (χ0n) is 16.1. The Labute approximate surface area is 151 Å². The zero-order chi connectivity index (χ0) is 18.0. The van der Waals surface area contributed by atoms with E-state index in [0.29, 0.717) is 12.8 Å². The molecule has 0 unspecified atom stereocenters. The van der Waals surface area contributed by atoms with E-state index < -0.39 is 11.7 Å². The van der Waals surface area contributed by atoms with Crippen LogP contribution < -0.4 is 0 Å². The third kappa shape index (κ3) is 4.46. The van der Waals surface area contributed by atoms with Crippen molar-refractivity contribution in [3.8, 4) is 0 Å². The van der Waals surface area contributed by atoms with E-state index in [1.807, 2.05) is 13.8 Å². The maximum Gasteiger partial charge on any atom is 0.196 e. The normalized spacial score (nSPS) is 34.6. The van der Waals surface area contributed by atoms with Gasteiger partial charge in [-0.2, -0.15) is 0 Å². The van der Waals surface area contributed by atoms with Crippen LogP contribution >= 0.6 is 0 Å². The van der Waals surface area contributed by atoms with Crippen molar-refractivity contribution in [3.05, 3.63) is 23.0 Å². The molecule has 25 heavy (non-hydrogen) atoms. The molecule has 3 heteroatoms. The van der Waals surface area contributed by atoms with Gasteiger partial charge < -0.3 is 4.74 Å². The summed E-state index contributed by atoms with van der Waals surface area (Å²) in [6.45, 7) is 6.07. The molecule has 3 aliphatic carbocycles. The summed E-state index contributed by atoms with van der Waals surface area (Å²) in [6, 6.07) is 0. The van der Waals surface area contributed by atoms with E-state index in [4.69, 9.17) is 4.74 Å². The molecule has 2 fully saturated rings. The van der Waals surface area contributed by atoms with Crippen LogP contribution in [0.1, 0.15) is 85.0 Å². The minimum absolute atomic E-state index is 0.108. The first kappa shape index (κ1) is 18.9. The predicted octanol–water partition coefficient (Wildman–Crippen LogP) is 7.24. The second kappa shape index (κ2) is 8.22. The number of halogens is 2. The number of rotatable bonds is 4. The molecule has 0 radical (unpaired) electrons. The first-order chi connectivity index (χ1) is 12.0. The summed E-state index contributed by atoms with van der Waals surface area (Å²) in [7, 11) is 0.